The van der Waals surface area contributed by atoms with Gasteiger partial charge in [0.1, 0.15) is 5.54 Å². The van der Waals surface area contributed by atoms with E-state index in [1.54, 1.807) is 18.2 Å². The summed E-state index contributed by atoms with van der Waals surface area (Å²) in [4.78, 5) is 26.8. The topological polar surface area (TPSA) is 73.2 Å². The molecule has 5 heteroatoms. The van der Waals surface area contributed by atoms with E-state index >= 15 is 0 Å². The first kappa shape index (κ1) is 15.5. The lowest BCUT2D eigenvalue weighted by Crippen LogP contribution is -2.58. The Hall–Kier alpha value is -2.35. The van der Waals surface area contributed by atoms with Crippen LogP contribution in [0.5, 0.6) is 0 Å². The molecule has 3 rings (SSSR count). The van der Waals surface area contributed by atoms with Crippen LogP contribution in [0.15, 0.2) is 24.3 Å². The molecule has 1 saturated heterocycles. The smallest absolute Gasteiger partial charge is 0.323 e. The average Bonchev–Trinajstić information content (AvgIpc) is 2.79. The van der Waals surface area contributed by atoms with Crippen LogP contribution in [0, 0.1) is 23.2 Å². The average molecular weight is 311 g/mol. The molecule has 0 aromatic heterocycles. The van der Waals surface area contributed by atoms with Crippen molar-refractivity contribution in [2.75, 3.05) is 0 Å². The summed E-state index contributed by atoms with van der Waals surface area (Å²) in [7, 11) is 0. The van der Waals surface area contributed by atoms with E-state index in [1.807, 2.05) is 19.9 Å². The number of rotatable bonds is 2. The minimum atomic E-state index is -0.781. The van der Waals surface area contributed by atoms with E-state index in [2.05, 4.69) is 11.4 Å². The maximum atomic E-state index is 13.1. The van der Waals surface area contributed by atoms with E-state index < -0.39 is 5.54 Å². The fraction of sp³-hybridized carbons (Fsp3) is 0.500. The van der Waals surface area contributed by atoms with Crippen molar-refractivity contribution in [2.24, 2.45) is 11.8 Å². The highest BCUT2D eigenvalue weighted by atomic mass is 16.2. The number of nitrogens with zero attached hydrogens (tertiary/aromatic N) is 2. The fourth-order valence-corrected chi connectivity index (χ4v) is 4.03. The van der Waals surface area contributed by atoms with Crippen molar-refractivity contribution in [3.05, 3.63) is 35.4 Å². The van der Waals surface area contributed by atoms with Gasteiger partial charge in [-0.3, -0.25) is 9.69 Å². The molecule has 2 unspecified atom stereocenters. The van der Waals surface area contributed by atoms with Crippen LogP contribution in [0.25, 0.3) is 0 Å². The van der Waals surface area contributed by atoms with Gasteiger partial charge in [0, 0.05) is 0 Å². The Morgan fingerprint density at radius 3 is 2.57 bits per heavy atom. The summed E-state index contributed by atoms with van der Waals surface area (Å²) in [6.45, 7) is 4.23. The Bertz CT molecular complexity index is 682. The SMILES string of the molecule is CC1CCCC(C)C12NC(=O)N(Cc1ccccc1C#N)C2=O. The number of carbonyl (C=O) groups excluding carboxylic acids is 2. The molecule has 3 amide bonds. The molecule has 1 N–H and O–H groups in total. The number of carbonyl (C=O) groups is 2. The molecular formula is C18H21N3O2. The number of hydrogen-bond donors (Lipinski definition) is 1. The maximum absolute atomic E-state index is 13.1. The molecule has 5 nitrogen and oxygen atoms in total. The summed E-state index contributed by atoms with van der Waals surface area (Å²) in [5.74, 6) is 0.104. The number of amides is 3. The third-order valence-corrected chi connectivity index (χ3v) is 5.45. The standard InChI is InChI=1S/C18H21N3O2/c1-12-6-5-7-13(2)18(12)16(22)21(17(23)20-18)11-15-9-4-3-8-14(15)10-19/h3-4,8-9,12-13H,5-7,11H2,1-2H3,(H,20,23). The molecule has 1 saturated carbocycles. The summed E-state index contributed by atoms with van der Waals surface area (Å²) in [6, 6.07) is 8.86. The van der Waals surface area contributed by atoms with Crippen LogP contribution in [0.1, 0.15) is 44.2 Å². The number of hydrogen-bond acceptors (Lipinski definition) is 3. The van der Waals surface area contributed by atoms with E-state index in [-0.39, 0.29) is 30.3 Å². The second kappa shape index (κ2) is 5.69. The molecule has 23 heavy (non-hydrogen) atoms. The molecule has 1 heterocycles. The van der Waals surface area contributed by atoms with E-state index in [1.165, 1.54) is 4.90 Å². The summed E-state index contributed by atoms with van der Waals surface area (Å²) < 4.78 is 0. The van der Waals surface area contributed by atoms with Crippen LogP contribution < -0.4 is 5.32 Å². The van der Waals surface area contributed by atoms with Crippen molar-refractivity contribution in [3.8, 4) is 6.07 Å². The predicted molar refractivity (Wildman–Crippen MR) is 85.1 cm³/mol. The number of nitrogens with one attached hydrogen (secondary N) is 1. The molecule has 1 aliphatic heterocycles. The summed E-state index contributed by atoms with van der Waals surface area (Å²) in [6.07, 6.45) is 2.97. The minimum absolute atomic E-state index is 0.124. The first-order chi connectivity index (χ1) is 11.0. The van der Waals surface area contributed by atoms with E-state index in [0.29, 0.717) is 11.1 Å². The molecular weight excluding hydrogens is 290 g/mol. The largest absolute Gasteiger partial charge is 0.325 e. The highest BCUT2D eigenvalue weighted by molar-refractivity contribution is 6.07. The summed E-state index contributed by atoms with van der Waals surface area (Å²) in [5.41, 5.74) is 0.419. The highest BCUT2D eigenvalue weighted by Crippen LogP contribution is 2.42. The van der Waals surface area contributed by atoms with Crippen molar-refractivity contribution in [1.82, 2.24) is 10.2 Å². The quantitative estimate of drug-likeness (QED) is 0.854. The molecule has 1 aromatic rings. The predicted octanol–water partition coefficient (Wildman–Crippen LogP) is 2.80. The highest BCUT2D eigenvalue weighted by Gasteiger charge is 2.58. The van der Waals surface area contributed by atoms with Gasteiger partial charge >= 0.3 is 6.03 Å². The minimum Gasteiger partial charge on any atom is -0.323 e. The maximum Gasteiger partial charge on any atom is 0.325 e. The van der Waals surface area contributed by atoms with Crippen molar-refractivity contribution in [2.45, 2.75) is 45.2 Å². The Morgan fingerprint density at radius 2 is 1.91 bits per heavy atom. The zero-order chi connectivity index (χ0) is 16.6. The molecule has 2 aliphatic rings. The Labute approximate surface area is 136 Å². The van der Waals surface area contributed by atoms with Gasteiger partial charge in [0.2, 0.25) is 0 Å². The molecule has 2 atom stereocenters. The van der Waals surface area contributed by atoms with Crippen LogP contribution in [0.2, 0.25) is 0 Å². The van der Waals surface area contributed by atoms with Gasteiger partial charge < -0.3 is 5.32 Å². The van der Waals surface area contributed by atoms with Gasteiger partial charge in [0.05, 0.1) is 18.2 Å². The zero-order valence-corrected chi connectivity index (χ0v) is 13.5. The molecule has 0 bridgehead atoms. The molecule has 1 spiro atoms. The van der Waals surface area contributed by atoms with Gasteiger partial charge in [-0.05, 0) is 36.3 Å². The lowest BCUT2D eigenvalue weighted by atomic mass is 9.67. The Kier molecular flexibility index (Phi) is 3.85. The fourth-order valence-electron chi connectivity index (χ4n) is 4.03. The third-order valence-electron chi connectivity index (χ3n) is 5.45. The van der Waals surface area contributed by atoms with Gasteiger partial charge in [0.15, 0.2) is 0 Å². The molecule has 120 valence electrons. The van der Waals surface area contributed by atoms with Crippen LogP contribution in [0.4, 0.5) is 4.79 Å². The second-order valence-electron chi connectivity index (χ2n) is 6.69. The van der Waals surface area contributed by atoms with E-state index in [4.69, 9.17) is 0 Å². The Balaban J connectivity index is 1.92. The lowest BCUT2D eigenvalue weighted by Gasteiger charge is -2.42. The van der Waals surface area contributed by atoms with Gasteiger partial charge in [-0.25, -0.2) is 4.79 Å². The van der Waals surface area contributed by atoms with E-state index in [0.717, 1.165) is 19.3 Å². The monoisotopic (exact) mass is 311 g/mol. The van der Waals surface area contributed by atoms with Crippen LogP contribution >= 0.6 is 0 Å². The van der Waals surface area contributed by atoms with Crippen molar-refractivity contribution >= 4 is 11.9 Å². The van der Waals surface area contributed by atoms with Gasteiger partial charge in [0.25, 0.3) is 5.91 Å². The summed E-state index contributed by atoms with van der Waals surface area (Å²) >= 11 is 0. The lowest BCUT2D eigenvalue weighted by molar-refractivity contribution is -0.136. The van der Waals surface area contributed by atoms with Crippen molar-refractivity contribution in [3.63, 3.8) is 0 Å². The van der Waals surface area contributed by atoms with Gasteiger partial charge in [-0.15, -0.1) is 0 Å². The van der Waals surface area contributed by atoms with Crippen LogP contribution in [0.3, 0.4) is 0 Å². The summed E-state index contributed by atoms with van der Waals surface area (Å²) in [5, 5.41) is 12.2. The van der Waals surface area contributed by atoms with Crippen molar-refractivity contribution in [1.29, 1.82) is 5.26 Å². The number of urea groups is 1. The van der Waals surface area contributed by atoms with Gasteiger partial charge in [-0.1, -0.05) is 38.5 Å². The normalized spacial score (nSPS) is 30.4. The molecule has 1 aromatic carbocycles. The van der Waals surface area contributed by atoms with Crippen molar-refractivity contribution < 1.29 is 9.59 Å². The van der Waals surface area contributed by atoms with E-state index in [9.17, 15) is 14.9 Å². The molecule has 2 fully saturated rings. The number of nitriles is 1. The van der Waals surface area contributed by atoms with Crippen LogP contribution in [-0.2, 0) is 11.3 Å². The number of benzene rings is 1. The number of imide groups is 1. The molecule has 1 aliphatic carbocycles. The van der Waals surface area contributed by atoms with Crippen LogP contribution in [-0.4, -0.2) is 22.4 Å². The first-order valence-corrected chi connectivity index (χ1v) is 8.12. The first-order valence-electron chi connectivity index (χ1n) is 8.12. The molecule has 0 radical (unpaired) electrons. The zero-order valence-electron chi connectivity index (χ0n) is 13.5. The Morgan fingerprint density at radius 1 is 1.26 bits per heavy atom. The third kappa shape index (κ3) is 2.29. The van der Waals surface area contributed by atoms with Gasteiger partial charge in [-0.2, -0.15) is 5.26 Å². The second-order valence-corrected chi connectivity index (χ2v) is 6.69.